The molecule has 25 heavy (non-hydrogen) atoms. The first-order chi connectivity index (χ1) is 12.2. The van der Waals surface area contributed by atoms with E-state index in [1.54, 1.807) is 14.2 Å². The summed E-state index contributed by atoms with van der Waals surface area (Å²) in [5.74, 6) is 0.861. The van der Waals surface area contributed by atoms with Crippen molar-refractivity contribution in [3.8, 4) is 11.5 Å². The molecule has 1 saturated heterocycles. The molecule has 1 atom stereocenters. The molecular weight excluding hydrogens is 320 g/mol. The highest BCUT2D eigenvalue weighted by atomic mass is 16.5. The maximum absolute atomic E-state index is 12.6. The summed E-state index contributed by atoms with van der Waals surface area (Å²) in [6.45, 7) is 7.31. The monoisotopic (exact) mass is 350 g/mol. The van der Waals surface area contributed by atoms with Crippen molar-refractivity contribution >= 4 is 5.97 Å². The lowest BCUT2D eigenvalue weighted by atomic mass is 9.94. The number of nitrogens with one attached hydrogen (secondary N) is 1. The van der Waals surface area contributed by atoms with Crippen molar-refractivity contribution in [3.63, 3.8) is 0 Å². The van der Waals surface area contributed by atoms with Crippen molar-refractivity contribution in [2.75, 3.05) is 53.6 Å². The van der Waals surface area contributed by atoms with Crippen LogP contribution in [-0.2, 0) is 9.53 Å². The van der Waals surface area contributed by atoms with Gasteiger partial charge in [0, 0.05) is 32.7 Å². The highest BCUT2D eigenvalue weighted by molar-refractivity contribution is 5.78. The first-order valence-corrected chi connectivity index (χ1v) is 9.01. The van der Waals surface area contributed by atoms with E-state index in [4.69, 9.17) is 14.2 Å². The average Bonchev–Trinajstić information content (AvgIpc) is 2.66. The van der Waals surface area contributed by atoms with Crippen LogP contribution in [0.1, 0.15) is 31.2 Å². The third-order valence-electron chi connectivity index (χ3n) is 4.53. The molecule has 0 radical (unpaired) electrons. The summed E-state index contributed by atoms with van der Waals surface area (Å²) in [5.41, 5.74) is 0.909. The Hall–Kier alpha value is -1.79. The highest BCUT2D eigenvalue weighted by Gasteiger charge is 2.23. The van der Waals surface area contributed by atoms with Crippen LogP contribution in [0.4, 0.5) is 0 Å². The van der Waals surface area contributed by atoms with Gasteiger partial charge in [0.25, 0.3) is 0 Å². The Bertz CT molecular complexity index is 544. The number of ether oxygens (including phenoxy) is 3. The topological polar surface area (TPSA) is 60.0 Å². The van der Waals surface area contributed by atoms with Gasteiger partial charge in [0.2, 0.25) is 0 Å². The number of nitrogens with zero attached hydrogens (tertiary/aromatic N) is 1. The molecule has 140 valence electrons. The largest absolute Gasteiger partial charge is 0.493 e. The van der Waals surface area contributed by atoms with Crippen LogP contribution in [0.3, 0.4) is 0 Å². The normalized spacial score (nSPS) is 16.3. The van der Waals surface area contributed by atoms with Crippen LogP contribution in [0.2, 0.25) is 0 Å². The Labute approximate surface area is 150 Å². The number of rotatable bonds is 9. The molecule has 1 N–H and O–H groups in total. The molecule has 1 aliphatic heterocycles. The van der Waals surface area contributed by atoms with E-state index < -0.39 is 0 Å². The Morgan fingerprint density at radius 1 is 1.20 bits per heavy atom. The second-order valence-corrected chi connectivity index (χ2v) is 6.21. The van der Waals surface area contributed by atoms with Crippen molar-refractivity contribution in [1.82, 2.24) is 10.2 Å². The van der Waals surface area contributed by atoms with E-state index >= 15 is 0 Å². The predicted octanol–water partition coefficient (Wildman–Crippen LogP) is 2.04. The minimum Gasteiger partial charge on any atom is -0.493 e. The fraction of sp³-hybridized carbons (Fsp3) is 0.632. The third-order valence-corrected chi connectivity index (χ3v) is 4.53. The lowest BCUT2D eigenvalue weighted by Gasteiger charge is -2.27. The van der Waals surface area contributed by atoms with Crippen molar-refractivity contribution < 1.29 is 19.0 Å². The molecular formula is C19H30N2O4. The van der Waals surface area contributed by atoms with Crippen LogP contribution < -0.4 is 14.8 Å². The van der Waals surface area contributed by atoms with Gasteiger partial charge in [0.1, 0.15) is 6.61 Å². The molecule has 2 rings (SSSR count). The average molecular weight is 350 g/mol. The Balaban J connectivity index is 1.97. The van der Waals surface area contributed by atoms with Gasteiger partial charge in [-0.1, -0.05) is 19.4 Å². The van der Waals surface area contributed by atoms with Gasteiger partial charge in [-0.2, -0.15) is 0 Å². The molecule has 0 spiro atoms. The fourth-order valence-corrected chi connectivity index (χ4v) is 3.09. The molecule has 1 aliphatic rings. The van der Waals surface area contributed by atoms with E-state index in [1.165, 1.54) is 0 Å². The standard InChI is InChI=1S/C19H30N2O4/c1-4-5-16(15-6-7-17(23-2)18(14-15)24-3)19(22)25-13-12-21-10-8-20-9-11-21/h6-7,14,16,20H,4-5,8-13H2,1-3H3. The van der Waals surface area contributed by atoms with E-state index in [1.807, 2.05) is 18.2 Å². The number of methoxy groups -OCH3 is 2. The van der Waals surface area contributed by atoms with E-state index in [0.717, 1.165) is 51.1 Å². The summed E-state index contributed by atoms with van der Waals surface area (Å²) in [4.78, 5) is 14.9. The minimum absolute atomic E-state index is 0.163. The Morgan fingerprint density at radius 3 is 2.56 bits per heavy atom. The summed E-state index contributed by atoms with van der Waals surface area (Å²) in [6, 6.07) is 5.63. The zero-order valence-corrected chi connectivity index (χ0v) is 15.5. The maximum Gasteiger partial charge on any atom is 0.313 e. The summed E-state index contributed by atoms with van der Waals surface area (Å²) >= 11 is 0. The van der Waals surface area contributed by atoms with Crippen LogP contribution in [0.5, 0.6) is 11.5 Å². The zero-order valence-electron chi connectivity index (χ0n) is 15.5. The van der Waals surface area contributed by atoms with E-state index in [2.05, 4.69) is 17.1 Å². The molecule has 0 amide bonds. The van der Waals surface area contributed by atoms with E-state index in [0.29, 0.717) is 18.1 Å². The van der Waals surface area contributed by atoms with E-state index in [-0.39, 0.29) is 11.9 Å². The summed E-state index contributed by atoms with van der Waals surface area (Å²) in [6.07, 6.45) is 1.66. The van der Waals surface area contributed by atoms with Crippen LogP contribution in [0.15, 0.2) is 18.2 Å². The second kappa shape index (κ2) is 10.3. The molecule has 1 heterocycles. The van der Waals surface area contributed by atoms with Gasteiger partial charge in [0.15, 0.2) is 11.5 Å². The number of hydrogen-bond acceptors (Lipinski definition) is 6. The lowest BCUT2D eigenvalue weighted by Crippen LogP contribution is -2.44. The van der Waals surface area contributed by atoms with Gasteiger partial charge in [-0.15, -0.1) is 0 Å². The molecule has 0 bridgehead atoms. The summed E-state index contributed by atoms with van der Waals surface area (Å²) in [7, 11) is 3.20. The zero-order chi connectivity index (χ0) is 18.1. The number of carbonyl (C=O) groups excluding carboxylic acids is 1. The molecule has 6 nitrogen and oxygen atoms in total. The minimum atomic E-state index is -0.271. The van der Waals surface area contributed by atoms with Gasteiger partial charge in [0.05, 0.1) is 20.1 Å². The first kappa shape index (κ1) is 19.5. The third kappa shape index (κ3) is 5.61. The number of carbonyl (C=O) groups is 1. The first-order valence-electron chi connectivity index (χ1n) is 9.01. The Morgan fingerprint density at radius 2 is 1.92 bits per heavy atom. The fourth-order valence-electron chi connectivity index (χ4n) is 3.09. The highest BCUT2D eigenvalue weighted by Crippen LogP contribution is 2.32. The molecule has 1 unspecified atom stereocenters. The van der Waals surface area contributed by atoms with Crippen LogP contribution in [0.25, 0.3) is 0 Å². The number of esters is 1. The Kier molecular flexibility index (Phi) is 8.01. The molecule has 1 aromatic carbocycles. The van der Waals surface area contributed by atoms with Crippen molar-refractivity contribution in [1.29, 1.82) is 0 Å². The van der Waals surface area contributed by atoms with Gasteiger partial charge in [-0.25, -0.2) is 0 Å². The number of benzene rings is 1. The quantitative estimate of drug-likeness (QED) is 0.688. The van der Waals surface area contributed by atoms with Crippen LogP contribution in [-0.4, -0.2) is 64.4 Å². The van der Waals surface area contributed by atoms with Crippen LogP contribution >= 0.6 is 0 Å². The van der Waals surface area contributed by atoms with Gasteiger partial charge >= 0.3 is 5.97 Å². The molecule has 0 aromatic heterocycles. The summed E-state index contributed by atoms with van der Waals surface area (Å²) < 4.78 is 16.2. The van der Waals surface area contributed by atoms with Crippen molar-refractivity contribution in [2.45, 2.75) is 25.7 Å². The van der Waals surface area contributed by atoms with Crippen molar-refractivity contribution in [2.24, 2.45) is 0 Å². The van der Waals surface area contributed by atoms with Gasteiger partial charge in [-0.3, -0.25) is 9.69 Å². The molecule has 0 aliphatic carbocycles. The number of piperazine rings is 1. The lowest BCUT2D eigenvalue weighted by molar-refractivity contribution is -0.146. The van der Waals surface area contributed by atoms with E-state index in [9.17, 15) is 4.79 Å². The molecule has 6 heteroatoms. The molecule has 0 saturated carbocycles. The predicted molar refractivity (Wildman–Crippen MR) is 97.5 cm³/mol. The SMILES string of the molecule is CCCC(C(=O)OCCN1CCNCC1)c1ccc(OC)c(OC)c1. The number of hydrogen-bond donors (Lipinski definition) is 1. The smallest absolute Gasteiger partial charge is 0.313 e. The van der Waals surface area contributed by atoms with Gasteiger partial charge in [-0.05, 0) is 24.1 Å². The second-order valence-electron chi connectivity index (χ2n) is 6.21. The molecule has 1 aromatic rings. The maximum atomic E-state index is 12.6. The van der Waals surface area contributed by atoms with Gasteiger partial charge < -0.3 is 19.5 Å². The van der Waals surface area contributed by atoms with Crippen molar-refractivity contribution in [3.05, 3.63) is 23.8 Å². The summed E-state index contributed by atoms with van der Waals surface area (Å²) in [5, 5.41) is 3.32. The van der Waals surface area contributed by atoms with Crippen LogP contribution in [0, 0.1) is 0 Å². The molecule has 1 fully saturated rings.